The summed E-state index contributed by atoms with van der Waals surface area (Å²) in [5.74, 6) is 0.138. The number of amides is 1. The Bertz CT molecular complexity index is 176. The fourth-order valence-electron chi connectivity index (χ4n) is 1.76. The number of likely N-dealkylation sites (tertiary alicyclic amines) is 1. The number of carbonyl (C=O) groups excluding carboxylic acids is 1. The number of hydrogen-bond donors (Lipinski definition) is 2. The highest BCUT2D eigenvalue weighted by Crippen LogP contribution is 2.08. The lowest BCUT2D eigenvalue weighted by atomic mass is 10.1. The maximum absolute atomic E-state index is 11.0. The van der Waals surface area contributed by atoms with E-state index in [-0.39, 0.29) is 5.91 Å². The van der Waals surface area contributed by atoms with Crippen LogP contribution in [0.1, 0.15) is 25.7 Å². The minimum absolute atomic E-state index is 0.138. The summed E-state index contributed by atoms with van der Waals surface area (Å²) in [7, 11) is 1.68. The molecule has 0 aromatic rings. The Hall–Kier alpha value is -0.610. The lowest BCUT2D eigenvalue weighted by molar-refractivity contribution is -0.120. The second-order valence-electron chi connectivity index (χ2n) is 3.96. The predicted octanol–water partition coefficient (Wildman–Crippen LogP) is -0.0643. The van der Waals surface area contributed by atoms with E-state index in [9.17, 15) is 4.79 Å². The smallest absolute Gasteiger partial charge is 0.219 e. The molecule has 1 rings (SSSR count). The Morgan fingerprint density at radius 3 is 2.71 bits per heavy atom. The summed E-state index contributed by atoms with van der Waals surface area (Å²) in [6, 6.07) is 0.394. The monoisotopic (exact) mass is 199 g/mol. The SMILES string of the molecule is CNC(=O)CCCN1CCC(N)CC1. The van der Waals surface area contributed by atoms with Gasteiger partial charge in [-0.25, -0.2) is 0 Å². The predicted molar refractivity (Wildman–Crippen MR) is 57.0 cm³/mol. The van der Waals surface area contributed by atoms with E-state index in [0.29, 0.717) is 12.5 Å². The van der Waals surface area contributed by atoms with Crippen molar-refractivity contribution in [1.29, 1.82) is 0 Å². The molecule has 0 atom stereocenters. The second-order valence-corrected chi connectivity index (χ2v) is 3.96. The molecule has 0 aliphatic carbocycles. The average molecular weight is 199 g/mol. The molecule has 0 saturated carbocycles. The second kappa shape index (κ2) is 5.98. The van der Waals surface area contributed by atoms with Gasteiger partial charge in [0.2, 0.25) is 5.91 Å². The van der Waals surface area contributed by atoms with Crippen LogP contribution in [0.15, 0.2) is 0 Å². The Morgan fingerprint density at radius 2 is 2.14 bits per heavy atom. The summed E-state index contributed by atoms with van der Waals surface area (Å²) in [4.78, 5) is 13.4. The molecule has 14 heavy (non-hydrogen) atoms. The minimum Gasteiger partial charge on any atom is -0.359 e. The lowest BCUT2D eigenvalue weighted by Gasteiger charge is -2.29. The number of nitrogens with zero attached hydrogens (tertiary/aromatic N) is 1. The van der Waals surface area contributed by atoms with Gasteiger partial charge in [0.25, 0.3) is 0 Å². The van der Waals surface area contributed by atoms with Gasteiger partial charge in [0.15, 0.2) is 0 Å². The third-order valence-electron chi connectivity index (χ3n) is 2.79. The molecule has 1 aliphatic rings. The summed E-state index contributed by atoms with van der Waals surface area (Å²) in [5, 5.41) is 2.63. The van der Waals surface area contributed by atoms with Crippen molar-refractivity contribution in [3.05, 3.63) is 0 Å². The van der Waals surface area contributed by atoms with E-state index >= 15 is 0 Å². The van der Waals surface area contributed by atoms with Crippen LogP contribution in [-0.2, 0) is 4.79 Å². The van der Waals surface area contributed by atoms with Crippen LogP contribution in [-0.4, -0.2) is 43.5 Å². The molecule has 3 N–H and O–H groups in total. The van der Waals surface area contributed by atoms with Crippen LogP contribution in [0.5, 0.6) is 0 Å². The first-order chi connectivity index (χ1) is 6.72. The van der Waals surface area contributed by atoms with Crippen LogP contribution < -0.4 is 11.1 Å². The van der Waals surface area contributed by atoms with Crippen molar-refractivity contribution < 1.29 is 4.79 Å². The Morgan fingerprint density at radius 1 is 1.50 bits per heavy atom. The van der Waals surface area contributed by atoms with Crippen molar-refractivity contribution in [2.24, 2.45) is 5.73 Å². The number of piperidine rings is 1. The number of nitrogens with one attached hydrogen (secondary N) is 1. The Labute approximate surface area is 85.8 Å². The summed E-state index contributed by atoms with van der Waals surface area (Å²) >= 11 is 0. The van der Waals surface area contributed by atoms with Gasteiger partial charge in [-0.05, 0) is 38.9 Å². The number of hydrogen-bond acceptors (Lipinski definition) is 3. The molecule has 1 aliphatic heterocycles. The maximum Gasteiger partial charge on any atom is 0.219 e. The van der Waals surface area contributed by atoms with Crippen LogP contribution in [0.4, 0.5) is 0 Å². The summed E-state index contributed by atoms with van der Waals surface area (Å²) in [6.45, 7) is 3.21. The zero-order chi connectivity index (χ0) is 10.4. The van der Waals surface area contributed by atoms with Gasteiger partial charge in [0.05, 0.1) is 0 Å². The first kappa shape index (κ1) is 11.5. The van der Waals surface area contributed by atoms with Crippen LogP contribution in [0, 0.1) is 0 Å². The largest absolute Gasteiger partial charge is 0.359 e. The molecular formula is C10H21N3O. The van der Waals surface area contributed by atoms with Crippen molar-refractivity contribution in [2.75, 3.05) is 26.7 Å². The molecule has 1 amide bonds. The van der Waals surface area contributed by atoms with Gasteiger partial charge in [-0.3, -0.25) is 4.79 Å². The molecule has 4 nitrogen and oxygen atoms in total. The van der Waals surface area contributed by atoms with Crippen molar-refractivity contribution in [1.82, 2.24) is 10.2 Å². The van der Waals surface area contributed by atoms with Gasteiger partial charge < -0.3 is 16.0 Å². The summed E-state index contributed by atoms with van der Waals surface area (Å²) in [6.07, 6.45) is 3.79. The number of nitrogens with two attached hydrogens (primary N) is 1. The number of rotatable bonds is 4. The highest BCUT2D eigenvalue weighted by atomic mass is 16.1. The third-order valence-corrected chi connectivity index (χ3v) is 2.79. The fraction of sp³-hybridized carbons (Fsp3) is 0.900. The van der Waals surface area contributed by atoms with Crippen LogP contribution in [0.2, 0.25) is 0 Å². The summed E-state index contributed by atoms with van der Waals surface area (Å²) in [5.41, 5.74) is 5.80. The zero-order valence-electron chi connectivity index (χ0n) is 8.96. The van der Waals surface area contributed by atoms with E-state index in [1.54, 1.807) is 7.05 Å². The van der Waals surface area contributed by atoms with E-state index in [1.165, 1.54) is 0 Å². The minimum atomic E-state index is 0.138. The van der Waals surface area contributed by atoms with E-state index < -0.39 is 0 Å². The van der Waals surface area contributed by atoms with Crippen LogP contribution in [0.25, 0.3) is 0 Å². The first-order valence-corrected chi connectivity index (χ1v) is 5.41. The molecule has 0 aromatic carbocycles. The Balaban J connectivity index is 2.04. The van der Waals surface area contributed by atoms with Crippen molar-refractivity contribution in [2.45, 2.75) is 31.7 Å². The molecular weight excluding hydrogens is 178 g/mol. The molecule has 0 radical (unpaired) electrons. The quantitative estimate of drug-likeness (QED) is 0.666. The van der Waals surface area contributed by atoms with E-state index in [2.05, 4.69) is 10.2 Å². The lowest BCUT2D eigenvalue weighted by Crippen LogP contribution is -2.40. The molecule has 0 aromatic heterocycles. The molecule has 1 heterocycles. The molecule has 0 unspecified atom stereocenters. The molecule has 1 fully saturated rings. The molecule has 0 spiro atoms. The van der Waals surface area contributed by atoms with E-state index in [1.807, 2.05) is 0 Å². The van der Waals surface area contributed by atoms with Gasteiger partial charge in [0.1, 0.15) is 0 Å². The number of carbonyl (C=O) groups is 1. The molecule has 82 valence electrons. The fourth-order valence-corrected chi connectivity index (χ4v) is 1.76. The highest BCUT2D eigenvalue weighted by molar-refractivity contribution is 5.75. The van der Waals surface area contributed by atoms with E-state index in [0.717, 1.165) is 38.9 Å². The highest BCUT2D eigenvalue weighted by Gasteiger charge is 2.15. The third kappa shape index (κ3) is 4.07. The van der Waals surface area contributed by atoms with Gasteiger partial charge in [-0.15, -0.1) is 0 Å². The van der Waals surface area contributed by atoms with Gasteiger partial charge in [-0.1, -0.05) is 0 Å². The van der Waals surface area contributed by atoms with E-state index in [4.69, 9.17) is 5.73 Å². The topological polar surface area (TPSA) is 58.4 Å². The molecule has 1 saturated heterocycles. The Kier molecular flexibility index (Phi) is 4.90. The zero-order valence-corrected chi connectivity index (χ0v) is 8.96. The first-order valence-electron chi connectivity index (χ1n) is 5.41. The molecule has 4 heteroatoms. The summed E-state index contributed by atoms with van der Waals surface area (Å²) < 4.78 is 0. The van der Waals surface area contributed by atoms with Crippen molar-refractivity contribution in [3.8, 4) is 0 Å². The maximum atomic E-state index is 11.0. The average Bonchev–Trinajstić information content (AvgIpc) is 2.21. The van der Waals surface area contributed by atoms with Gasteiger partial charge >= 0.3 is 0 Å². The normalized spacial score (nSPS) is 19.6. The van der Waals surface area contributed by atoms with Crippen LogP contribution in [0.3, 0.4) is 0 Å². The standard InChI is InChI=1S/C10H21N3O/c1-12-10(14)3-2-6-13-7-4-9(11)5-8-13/h9H,2-8,11H2,1H3,(H,12,14). The van der Waals surface area contributed by atoms with Crippen LogP contribution >= 0.6 is 0 Å². The van der Waals surface area contributed by atoms with Crippen molar-refractivity contribution >= 4 is 5.91 Å². The van der Waals surface area contributed by atoms with Gasteiger partial charge in [-0.2, -0.15) is 0 Å². The van der Waals surface area contributed by atoms with Gasteiger partial charge in [0, 0.05) is 19.5 Å². The molecule has 0 bridgehead atoms. The van der Waals surface area contributed by atoms with Crippen molar-refractivity contribution in [3.63, 3.8) is 0 Å².